The van der Waals surface area contributed by atoms with Crippen LogP contribution in [0.5, 0.6) is 0 Å². The third-order valence-corrected chi connectivity index (χ3v) is 16.3. The van der Waals surface area contributed by atoms with Crippen molar-refractivity contribution in [1.82, 2.24) is 4.57 Å². The highest BCUT2D eigenvalue weighted by Gasteiger charge is 2.52. The number of aromatic nitrogens is 1. The summed E-state index contributed by atoms with van der Waals surface area (Å²) >= 11 is 0. The summed E-state index contributed by atoms with van der Waals surface area (Å²) in [6, 6.07) is 100. The summed E-state index contributed by atoms with van der Waals surface area (Å²) < 4.78 is 2.41. The van der Waals surface area contributed by atoms with Crippen LogP contribution in [0, 0.1) is 0 Å². The third-order valence-electron chi connectivity index (χ3n) is 16.3. The van der Waals surface area contributed by atoms with Gasteiger partial charge in [0.15, 0.2) is 0 Å². The van der Waals surface area contributed by atoms with Crippen LogP contribution in [-0.2, 0) is 5.41 Å². The number of benzene rings is 13. The van der Waals surface area contributed by atoms with E-state index in [1.54, 1.807) is 0 Å². The highest BCUT2D eigenvalue weighted by molar-refractivity contribution is 6.26. The summed E-state index contributed by atoms with van der Waals surface area (Å²) in [7, 11) is 0. The molecule has 1 heterocycles. The van der Waals surface area contributed by atoms with E-state index < -0.39 is 5.41 Å². The van der Waals surface area contributed by atoms with E-state index in [2.05, 4.69) is 276 Å². The molecular formula is C71H44N2. The van der Waals surface area contributed by atoms with E-state index in [1.807, 2.05) is 0 Å². The summed E-state index contributed by atoms with van der Waals surface area (Å²) in [5.41, 5.74) is 19.1. The normalized spacial score (nSPS) is 13.0. The van der Waals surface area contributed by atoms with Gasteiger partial charge in [-0.2, -0.15) is 0 Å². The van der Waals surface area contributed by atoms with Gasteiger partial charge in [0.25, 0.3) is 0 Å². The fraction of sp³-hybridized carbons (Fsp3) is 0.0141. The minimum Gasteiger partial charge on any atom is -0.310 e. The summed E-state index contributed by atoms with van der Waals surface area (Å²) in [6.07, 6.45) is 0. The number of anilines is 3. The maximum Gasteiger partial charge on any atom is 0.0726 e. The second-order valence-electron chi connectivity index (χ2n) is 19.9. The number of hydrogen-bond donors (Lipinski definition) is 0. The first-order valence-electron chi connectivity index (χ1n) is 25.4. The maximum absolute atomic E-state index is 2.58. The van der Waals surface area contributed by atoms with Crippen LogP contribution in [0.3, 0.4) is 0 Å². The summed E-state index contributed by atoms with van der Waals surface area (Å²) in [5.74, 6) is 0. The first kappa shape index (κ1) is 40.3. The summed E-state index contributed by atoms with van der Waals surface area (Å²) in [6.45, 7) is 0. The van der Waals surface area contributed by atoms with Gasteiger partial charge in [0.1, 0.15) is 0 Å². The van der Waals surface area contributed by atoms with E-state index in [1.165, 1.54) is 121 Å². The Bertz CT molecular complexity index is 4550. The van der Waals surface area contributed by atoms with Gasteiger partial charge < -0.3 is 9.47 Å². The van der Waals surface area contributed by atoms with E-state index in [9.17, 15) is 0 Å². The topological polar surface area (TPSA) is 8.17 Å². The number of fused-ring (bicyclic) bond motifs is 20. The molecule has 0 saturated carbocycles. The zero-order valence-electron chi connectivity index (χ0n) is 39.8. The van der Waals surface area contributed by atoms with Crippen LogP contribution in [0.1, 0.15) is 22.3 Å². The Morgan fingerprint density at radius 2 is 0.767 bits per heavy atom. The molecule has 2 nitrogen and oxygen atoms in total. The molecule has 16 rings (SSSR count). The molecule has 0 unspecified atom stereocenters. The first-order valence-corrected chi connectivity index (χ1v) is 25.4. The summed E-state index contributed by atoms with van der Waals surface area (Å²) in [5, 5.41) is 12.4. The zero-order chi connectivity index (χ0) is 47.8. The van der Waals surface area contributed by atoms with Gasteiger partial charge in [0.2, 0.25) is 0 Å². The molecule has 0 radical (unpaired) electrons. The molecular weight excluding hydrogens is 881 g/mol. The lowest BCUT2D eigenvalue weighted by atomic mass is 9.70. The van der Waals surface area contributed by atoms with Crippen molar-refractivity contribution in [2.24, 2.45) is 0 Å². The predicted octanol–water partition coefficient (Wildman–Crippen LogP) is 18.9. The van der Waals surface area contributed by atoms with Crippen molar-refractivity contribution in [3.05, 3.63) is 289 Å². The molecule has 0 saturated heterocycles. The van der Waals surface area contributed by atoms with E-state index >= 15 is 0 Å². The van der Waals surface area contributed by atoms with Gasteiger partial charge in [0, 0.05) is 33.4 Å². The van der Waals surface area contributed by atoms with Crippen molar-refractivity contribution in [3.8, 4) is 39.1 Å². The van der Waals surface area contributed by atoms with Crippen molar-refractivity contribution in [3.63, 3.8) is 0 Å². The largest absolute Gasteiger partial charge is 0.310 e. The van der Waals surface area contributed by atoms with Crippen LogP contribution in [0.15, 0.2) is 267 Å². The minimum atomic E-state index is -0.535. The van der Waals surface area contributed by atoms with Gasteiger partial charge in [-0.3, -0.25) is 0 Å². The zero-order valence-corrected chi connectivity index (χ0v) is 39.8. The first-order chi connectivity index (χ1) is 36.2. The molecule has 0 fully saturated rings. The van der Waals surface area contributed by atoms with Crippen molar-refractivity contribution in [1.29, 1.82) is 0 Å². The average Bonchev–Trinajstić information content (AvgIpc) is 4.08. The minimum absolute atomic E-state index is 0.535. The number of para-hydroxylation sites is 2. The van der Waals surface area contributed by atoms with Crippen LogP contribution in [0.25, 0.3) is 104 Å². The Morgan fingerprint density at radius 1 is 0.274 bits per heavy atom. The van der Waals surface area contributed by atoms with Crippen LogP contribution in [0.2, 0.25) is 0 Å². The highest BCUT2D eigenvalue weighted by Crippen LogP contribution is 2.64. The molecule has 1 spiro atoms. The molecule has 2 aliphatic rings. The molecule has 73 heavy (non-hydrogen) atoms. The van der Waals surface area contributed by atoms with Crippen molar-refractivity contribution < 1.29 is 0 Å². The molecule has 338 valence electrons. The van der Waals surface area contributed by atoms with Crippen LogP contribution in [-0.4, -0.2) is 4.57 Å². The van der Waals surface area contributed by atoms with Crippen molar-refractivity contribution in [2.75, 3.05) is 4.90 Å². The van der Waals surface area contributed by atoms with Gasteiger partial charge in [0.05, 0.1) is 22.1 Å². The van der Waals surface area contributed by atoms with Crippen LogP contribution < -0.4 is 4.90 Å². The monoisotopic (exact) mass is 924 g/mol. The van der Waals surface area contributed by atoms with Crippen LogP contribution in [0.4, 0.5) is 17.1 Å². The lowest BCUT2D eigenvalue weighted by molar-refractivity contribution is 0.794. The molecule has 1 aromatic heterocycles. The van der Waals surface area contributed by atoms with Crippen molar-refractivity contribution in [2.45, 2.75) is 5.41 Å². The Morgan fingerprint density at radius 3 is 1.44 bits per heavy atom. The van der Waals surface area contributed by atoms with Gasteiger partial charge >= 0.3 is 0 Å². The molecule has 0 aliphatic heterocycles. The Labute approximate surface area is 422 Å². The Kier molecular flexibility index (Phi) is 8.41. The maximum atomic E-state index is 2.58. The van der Waals surface area contributed by atoms with E-state index in [4.69, 9.17) is 0 Å². The summed E-state index contributed by atoms with van der Waals surface area (Å²) in [4.78, 5) is 2.58. The molecule has 0 N–H and O–H groups in total. The van der Waals surface area contributed by atoms with Gasteiger partial charge in [-0.1, -0.05) is 200 Å². The van der Waals surface area contributed by atoms with E-state index in [0.29, 0.717) is 0 Å². The third kappa shape index (κ3) is 5.58. The second kappa shape index (κ2) is 15.3. The smallest absolute Gasteiger partial charge is 0.0726 e. The van der Waals surface area contributed by atoms with Crippen molar-refractivity contribution >= 4 is 82.0 Å². The highest BCUT2D eigenvalue weighted by atomic mass is 15.1. The molecule has 0 atom stereocenters. The lowest BCUT2D eigenvalue weighted by Crippen LogP contribution is -2.26. The average molecular weight is 925 g/mol. The lowest BCUT2D eigenvalue weighted by Gasteiger charge is -2.33. The number of hydrogen-bond acceptors (Lipinski definition) is 1. The SMILES string of the molecule is c1ccc(-n2c3ccccc3c3cc(N(c4ccc5c6ccccc6c6ccccc6c5c4)c4cc5c(cc4-c4ccc6ccccc6c4)-c4ccccc4C54c5ccccc5-c5ccccc54)ccc32)cc1. The predicted molar refractivity (Wildman–Crippen MR) is 307 cm³/mol. The Balaban J connectivity index is 1.06. The fourth-order valence-electron chi connectivity index (χ4n) is 13.3. The molecule has 2 heteroatoms. The molecule has 14 aromatic rings. The van der Waals surface area contributed by atoms with E-state index in [-0.39, 0.29) is 0 Å². The molecule has 0 bridgehead atoms. The number of nitrogens with zero attached hydrogens (tertiary/aromatic N) is 2. The second-order valence-corrected chi connectivity index (χ2v) is 19.9. The molecule has 0 amide bonds. The van der Waals surface area contributed by atoms with E-state index in [0.717, 1.165) is 22.7 Å². The quantitative estimate of drug-likeness (QED) is 0.156. The Hall–Kier alpha value is -9.50. The molecule has 2 aliphatic carbocycles. The van der Waals surface area contributed by atoms with Crippen LogP contribution >= 0.6 is 0 Å². The van der Waals surface area contributed by atoms with Gasteiger partial charge in [-0.25, -0.2) is 0 Å². The standard InChI is InChI=1S/C71H44N2/c1-2-20-48(21-3-1)73-68-33-17-13-29-59(68)63-42-50(37-39-69(63)73)72(49-36-38-55-53-24-7-6-22-51(53)52-23-8-9-25-54(52)61(55)41-49)70-44-67-62(43-60(70)47-35-34-45-18-4-5-19-46(45)40-47)58-28-12-16-32-66(58)71(67)64-30-14-10-26-56(64)57-27-11-15-31-65(57)71/h1-44H. The molecule has 13 aromatic carbocycles. The van der Waals surface area contributed by atoms with Gasteiger partial charge in [-0.15, -0.1) is 0 Å². The fourth-order valence-corrected chi connectivity index (χ4v) is 13.3. The number of rotatable bonds is 5. The van der Waals surface area contributed by atoms with Gasteiger partial charge in [-0.05, 0) is 160 Å².